The molecule has 0 saturated heterocycles. The number of allylic oxidation sites excluding steroid dienone is 2. The van der Waals surface area contributed by atoms with E-state index in [-0.39, 0.29) is 6.54 Å². The van der Waals surface area contributed by atoms with Gasteiger partial charge in [-0.05, 0) is 25.1 Å². The fourth-order valence-corrected chi connectivity index (χ4v) is 3.02. The Labute approximate surface area is 151 Å². The molecule has 0 unspecified atom stereocenters. The number of dihydropyridines is 1. The SMILES string of the molecule is CCOC1=C2C(=NCC(C(N)=O)=C2c2ccc(C#N)cc2OC)CC=N1. The summed E-state index contributed by atoms with van der Waals surface area (Å²) in [7, 11) is 1.51. The van der Waals surface area contributed by atoms with E-state index in [1.54, 1.807) is 24.4 Å². The van der Waals surface area contributed by atoms with Gasteiger partial charge in [0.25, 0.3) is 0 Å². The third-order valence-electron chi connectivity index (χ3n) is 4.15. The van der Waals surface area contributed by atoms with E-state index in [0.29, 0.717) is 52.5 Å². The highest BCUT2D eigenvalue weighted by molar-refractivity contribution is 6.24. The summed E-state index contributed by atoms with van der Waals surface area (Å²) in [5, 5.41) is 9.14. The molecule has 2 N–H and O–H groups in total. The second-order valence-corrected chi connectivity index (χ2v) is 5.64. The molecule has 0 saturated carbocycles. The minimum absolute atomic E-state index is 0.180. The second-order valence-electron chi connectivity index (χ2n) is 5.64. The van der Waals surface area contributed by atoms with E-state index in [2.05, 4.69) is 16.1 Å². The van der Waals surface area contributed by atoms with Crippen molar-refractivity contribution in [1.29, 1.82) is 5.26 Å². The van der Waals surface area contributed by atoms with Crippen LogP contribution in [0.15, 0.2) is 45.2 Å². The van der Waals surface area contributed by atoms with Gasteiger partial charge >= 0.3 is 0 Å². The maximum atomic E-state index is 12.1. The molecule has 2 aliphatic rings. The molecule has 2 heterocycles. The molecule has 3 rings (SSSR count). The van der Waals surface area contributed by atoms with E-state index in [1.165, 1.54) is 7.11 Å². The monoisotopic (exact) mass is 350 g/mol. The zero-order chi connectivity index (χ0) is 18.7. The van der Waals surface area contributed by atoms with Crippen LogP contribution in [0.4, 0.5) is 0 Å². The summed E-state index contributed by atoms with van der Waals surface area (Å²) in [5.74, 6) is 0.307. The van der Waals surface area contributed by atoms with E-state index < -0.39 is 5.91 Å². The maximum Gasteiger partial charge on any atom is 0.247 e. The summed E-state index contributed by atoms with van der Waals surface area (Å²) in [6.45, 7) is 2.46. The van der Waals surface area contributed by atoms with Crippen LogP contribution >= 0.6 is 0 Å². The molecule has 26 heavy (non-hydrogen) atoms. The Morgan fingerprint density at radius 2 is 2.19 bits per heavy atom. The third-order valence-corrected chi connectivity index (χ3v) is 4.15. The molecular formula is C19H18N4O3. The van der Waals surface area contributed by atoms with Crippen molar-refractivity contribution in [3.8, 4) is 11.8 Å². The first-order chi connectivity index (χ1) is 12.6. The number of nitrogens with zero attached hydrogens (tertiary/aromatic N) is 3. The minimum atomic E-state index is -0.563. The summed E-state index contributed by atoms with van der Waals surface area (Å²) in [5.41, 5.74) is 9.13. The fourth-order valence-electron chi connectivity index (χ4n) is 3.02. The number of primary amides is 1. The number of nitriles is 1. The van der Waals surface area contributed by atoms with Crippen LogP contribution < -0.4 is 10.5 Å². The van der Waals surface area contributed by atoms with Crippen LogP contribution in [0, 0.1) is 11.3 Å². The van der Waals surface area contributed by atoms with E-state index in [4.69, 9.17) is 20.5 Å². The van der Waals surface area contributed by atoms with Crippen molar-refractivity contribution in [2.45, 2.75) is 13.3 Å². The largest absolute Gasteiger partial charge is 0.496 e. The highest BCUT2D eigenvalue weighted by Crippen LogP contribution is 2.40. The molecule has 0 fully saturated rings. The third kappa shape index (κ3) is 2.97. The van der Waals surface area contributed by atoms with Crippen molar-refractivity contribution in [2.75, 3.05) is 20.3 Å². The number of carbonyl (C=O) groups is 1. The molecule has 0 bridgehead atoms. The van der Waals surface area contributed by atoms with Crippen LogP contribution in [0.1, 0.15) is 24.5 Å². The summed E-state index contributed by atoms with van der Waals surface area (Å²) < 4.78 is 11.1. The zero-order valence-corrected chi connectivity index (χ0v) is 14.6. The van der Waals surface area contributed by atoms with Gasteiger partial charge in [-0.25, -0.2) is 4.99 Å². The van der Waals surface area contributed by atoms with Crippen LogP contribution in [0.5, 0.6) is 5.75 Å². The van der Waals surface area contributed by atoms with Crippen molar-refractivity contribution in [3.05, 3.63) is 46.4 Å². The predicted molar refractivity (Wildman–Crippen MR) is 97.9 cm³/mol. The van der Waals surface area contributed by atoms with Crippen molar-refractivity contribution < 1.29 is 14.3 Å². The maximum absolute atomic E-state index is 12.1. The van der Waals surface area contributed by atoms with Crippen molar-refractivity contribution in [1.82, 2.24) is 0 Å². The first kappa shape index (κ1) is 17.4. The number of ether oxygens (including phenoxy) is 2. The molecule has 7 nitrogen and oxygen atoms in total. The van der Waals surface area contributed by atoms with Crippen LogP contribution in [-0.2, 0) is 9.53 Å². The lowest BCUT2D eigenvalue weighted by Gasteiger charge is -2.26. The lowest BCUT2D eigenvalue weighted by atomic mass is 9.85. The Morgan fingerprint density at radius 3 is 2.85 bits per heavy atom. The highest BCUT2D eigenvalue weighted by atomic mass is 16.5. The van der Waals surface area contributed by atoms with E-state index in [9.17, 15) is 4.79 Å². The topological polar surface area (TPSA) is 110 Å². The Balaban J connectivity index is 2.31. The van der Waals surface area contributed by atoms with Gasteiger partial charge in [0.2, 0.25) is 11.8 Å². The zero-order valence-electron chi connectivity index (χ0n) is 14.6. The predicted octanol–water partition coefficient (Wildman–Crippen LogP) is 1.98. The number of hydrogen-bond acceptors (Lipinski definition) is 6. The normalized spacial score (nSPS) is 16.0. The number of aliphatic imine (C=N–C) groups is 2. The Hall–Kier alpha value is -3.40. The molecule has 2 aliphatic heterocycles. The van der Waals surface area contributed by atoms with Gasteiger partial charge in [-0.15, -0.1) is 0 Å². The Bertz CT molecular complexity index is 933. The van der Waals surface area contributed by atoms with Crippen molar-refractivity contribution in [3.63, 3.8) is 0 Å². The van der Waals surface area contributed by atoms with Crippen LogP contribution in [0.3, 0.4) is 0 Å². The lowest BCUT2D eigenvalue weighted by Crippen LogP contribution is -2.26. The summed E-state index contributed by atoms with van der Waals surface area (Å²) in [4.78, 5) is 20.9. The molecule has 1 aromatic rings. The number of carbonyl (C=O) groups excluding carboxylic acids is 1. The van der Waals surface area contributed by atoms with Gasteiger partial charge in [0.05, 0.1) is 43.2 Å². The highest BCUT2D eigenvalue weighted by Gasteiger charge is 2.31. The molecule has 0 radical (unpaired) electrons. The standard InChI is InChI=1S/C19H18N4O3/c1-3-26-19-17-14(6-7-22-19)23-10-13(18(21)24)16(17)12-5-4-11(9-20)8-15(12)25-2/h4-5,7-8H,3,6,10H2,1-2H3,(H2,21,24). The minimum Gasteiger partial charge on any atom is -0.496 e. The van der Waals surface area contributed by atoms with Gasteiger partial charge in [-0.1, -0.05) is 0 Å². The van der Waals surface area contributed by atoms with Crippen LogP contribution in [0.2, 0.25) is 0 Å². The molecular weight excluding hydrogens is 332 g/mol. The number of nitrogens with two attached hydrogens (primary N) is 1. The first-order valence-corrected chi connectivity index (χ1v) is 8.15. The van der Waals surface area contributed by atoms with E-state index in [0.717, 1.165) is 5.71 Å². The molecule has 1 aromatic carbocycles. The summed E-state index contributed by atoms with van der Waals surface area (Å²) >= 11 is 0. The van der Waals surface area contributed by atoms with Crippen LogP contribution in [-0.4, -0.2) is 38.1 Å². The van der Waals surface area contributed by atoms with Gasteiger partial charge in [0.1, 0.15) is 5.75 Å². The number of hydrogen-bond donors (Lipinski definition) is 1. The fraction of sp³-hybridized carbons (Fsp3) is 0.263. The molecule has 132 valence electrons. The van der Waals surface area contributed by atoms with Crippen molar-refractivity contribution in [2.24, 2.45) is 15.7 Å². The Kier molecular flexibility index (Phi) is 4.85. The van der Waals surface area contributed by atoms with Gasteiger partial charge in [0.15, 0.2) is 0 Å². The number of amides is 1. The summed E-state index contributed by atoms with van der Waals surface area (Å²) in [6.07, 6.45) is 2.27. The summed E-state index contributed by atoms with van der Waals surface area (Å²) in [6, 6.07) is 7.12. The smallest absolute Gasteiger partial charge is 0.247 e. The first-order valence-electron chi connectivity index (χ1n) is 8.15. The molecule has 0 aliphatic carbocycles. The molecule has 0 spiro atoms. The Morgan fingerprint density at radius 1 is 1.38 bits per heavy atom. The average Bonchev–Trinajstić information content (AvgIpc) is 2.66. The molecule has 0 aromatic heterocycles. The average molecular weight is 350 g/mol. The number of benzene rings is 1. The van der Waals surface area contributed by atoms with E-state index >= 15 is 0 Å². The number of rotatable bonds is 5. The van der Waals surface area contributed by atoms with Crippen LogP contribution in [0.25, 0.3) is 5.57 Å². The molecule has 0 atom stereocenters. The van der Waals surface area contributed by atoms with Gasteiger partial charge in [-0.2, -0.15) is 5.26 Å². The molecule has 1 amide bonds. The van der Waals surface area contributed by atoms with Gasteiger partial charge < -0.3 is 15.2 Å². The van der Waals surface area contributed by atoms with E-state index in [1.807, 2.05) is 6.92 Å². The number of fused-ring (bicyclic) bond motifs is 1. The second kappa shape index (κ2) is 7.23. The molecule has 7 heteroatoms. The quantitative estimate of drug-likeness (QED) is 0.875. The van der Waals surface area contributed by atoms with Crippen molar-refractivity contribution >= 4 is 23.4 Å². The van der Waals surface area contributed by atoms with Gasteiger partial charge in [0, 0.05) is 29.3 Å². The number of methoxy groups -OCH3 is 1. The van der Waals surface area contributed by atoms with Gasteiger partial charge in [-0.3, -0.25) is 9.79 Å². The lowest BCUT2D eigenvalue weighted by molar-refractivity contribution is -0.114.